The van der Waals surface area contributed by atoms with Gasteiger partial charge < -0.3 is 10.1 Å². The monoisotopic (exact) mass is 409 g/mol. The second kappa shape index (κ2) is 8.82. The summed E-state index contributed by atoms with van der Waals surface area (Å²) in [7, 11) is 0. The molecule has 160 valence electrons. The standard InChI is InChI=1S/C25H31NO4/c1-14-15(2)17(4)22(18(5)16(14)3)23(28)30-13-21(27)19-9-11-20(12-10-19)26-24(29)25(6,7)8/h9-12H,13H2,1-8H3,(H,26,29). The van der Waals surface area contributed by atoms with E-state index in [-0.39, 0.29) is 18.3 Å². The number of benzene rings is 2. The Kier molecular flexibility index (Phi) is 6.86. The molecule has 0 saturated heterocycles. The minimum Gasteiger partial charge on any atom is -0.454 e. The van der Waals surface area contributed by atoms with E-state index in [0.717, 1.165) is 27.8 Å². The van der Waals surface area contributed by atoms with E-state index in [2.05, 4.69) is 5.32 Å². The summed E-state index contributed by atoms with van der Waals surface area (Å²) >= 11 is 0. The fraction of sp³-hybridized carbons (Fsp3) is 0.400. The topological polar surface area (TPSA) is 72.5 Å². The third kappa shape index (κ3) is 4.96. The maximum absolute atomic E-state index is 12.7. The average molecular weight is 410 g/mol. The van der Waals surface area contributed by atoms with Crippen LogP contribution in [0.1, 0.15) is 69.3 Å². The van der Waals surface area contributed by atoms with Crippen molar-refractivity contribution in [1.82, 2.24) is 0 Å². The summed E-state index contributed by atoms with van der Waals surface area (Å²) in [5.41, 5.74) is 6.10. The molecule has 0 atom stereocenters. The number of hydrogen-bond acceptors (Lipinski definition) is 4. The summed E-state index contributed by atoms with van der Waals surface area (Å²) in [6.45, 7) is 15.0. The Morgan fingerprint density at radius 3 is 1.73 bits per heavy atom. The lowest BCUT2D eigenvalue weighted by atomic mass is 9.90. The molecule has 0 unspecified atom stereocenters. The first kappa shape index (κ1) is 23.3. The Hall–Kier alpha value is -2.95. The van der Waals surface area contributed by atoms with Crippen LogP contribution in [0.5, 0.6) is 0 Å². The summed E-state index contributed by atoms with van der Waals surface area (Å²) in [6, 6.07) is 6.57. The Balaban J connectivity index is 2.08. The van der Waals surface area contributed by atoms with E-state index in [9.17, 15) is 14.4 Å². The number of ketones is 1. The zero-order valence-corrected chi connectivity index (χ0v) is 19.1. The van der Waals surface area contributed by atoms with Crippen LogP contribution in [-0.4, -0.2) is 24.3 Å². The summed E-state index contributed by atoms with van der Waals surface area (Å²) < 4.78 is 5.34. The minimum absolute atomic E-state index is 0.107. The molecule has 2 rings (SSSR count). The predicted molar refractivity (Wildman–Crippen MR) is 119 cm³/mol. The Bertz CT molecular complexity index is 966. The van der Waals surface area contributed by atoms with E-state index in [1.165, 1.54) is 0 Å². The van der Waals surface area contributed by atoms with Crippen LogP contribution in [-0.2, 0) is 9.53 Å². The molecule has 2 aromatic carbocycles. The number of amides is 1. The normalized spacial score (nSPS) is 11.2. The molecule has 5 nitrogen and oxygen atoms in total. The molecule has 0 radical (unpaired) electrons. The second-order valence-electron chi connectivity index (χ2n) is 8.78. The van der Waals surface area contributed by atoms with Gasteiger partial charge in [-0.25, -0.2) is 4.79 Å². The fourth-order valence-corrected chi connectivity index (χ4v) is 3.15. The lowest BCUT2D eigenvalue weighted by Crippen LogP contribution is -2.27. The molecule has 0 aliphatic heterocycles. The van der Waals surface area contributed by atoms with Gasteiger partial charge >= 0.3 is 5.97 Å². The molecule has 1 amide bonds. The largest absolute Gasteiger partial charge is 0.454 e. The van der Waals surface area contributed by atoms with Crippen molar-refractivity contribution in [3.63, 3.8) is 0 Å². The van der Waals surface area contributed by atoms with E-state index < -0.39 is 11.4 Å². The number of anilines is 1. The summed E-state index contributed by atoms with van der Waals surface area (Å²) in [6.07, 6.45) is 0. The van der Waals surface area contributed by atoms with Crippen molar-refractivity contribution >= 4 is 23.3 Å². The molecule has 0 aliphatic rings. The van der Waals surface area contributed by atoms with E-state index in [4.69, 9.17) is 4.74 Å². The van der Waals surface area contributed by atoms with Crippen molar-refractivity contribution in [2.75, 3.05) is 11.9 Å². The van der Waals surface area contributed by atoms with Gasteiger partial charge in [-0.15, -0.1) is 0 Å². The third-order valence-corrected chi connectivity index (χ3v) is 5.68. The molecule has 0 heterocycles. The maximum atomic E-state index is 12.7. The second-order valence-corrected chi connectivity index (χ2v) is 8.78. The lowest BCUT2D eigenvalue weighted by molar-refractivity contribution is -0.123. The van der Waals surface area contributed by atoms with Gasteiger partial charge in [0.05, 0.1) is 5.56 Å². The fourth-order valence-electron chi connectivity index (χ4n) is 3.15. The van der Waals surface area contributed by atoms with Gasteiger partial charge in [0.2, 0.25) is 5.91 Å². The Morgan fingerprint density at radius 2 is 1.27 bits per heavy atom. The zero-order chi connectivity index (χ0) is 22.8. The Labute approximate surface area is 178 Å². The van der Waals surface area contributed by atoms with Crippen LogP contribution in [0.4, 0.5) is 5.69 Å². The zero-order valence-electron chi connectivity index (χ0n) is 19.1. The van der Waals surface area contributed by atoms with Crippen LogP contribution in [0.2, 0.25) is 0 Å². The first-order chi connectivity index (χ1) is 13.8. The highest BCUT2D eigenvalue weighted by Gasteiger charge is 2.22. The number of ether oxygens (including phenoxy) is 1. The number of carbonyl (C=O) groups is 3. The number of rotatable bonds is 5. The number of esters is 1. The van der Waals surface area contributed by atoms with Crippen molar-refractivity contribution < 1.29 is 19.1 Å². The van der Waals surface area contributed by atoms with Gasteiger partial charge in [-0.05, 0) is 86.7 Å². The van der Waals surface area contributed by atoms with Gasteiger partial charge in [0.25, 0.3) is 0 Å². The lowest BCUT2D eigenvalue weighted by Gasteiger charge is -2.18. The average Bonchev–Trinajstić information content (AvgIpc) is 2.69. The van der Waals surface area contributed by atoms with Crippen LogP contribution >= 0.6 is 0 Å². The van der Waals surface area contributed by atoms with Crippen molar-refractivity contribution in [2.24, 2.45) is 5.41 Å². The van der Waals surface area contributed by atoms with Crippen molar-refractivity contribution in [2.45, 2.75) is 55.4 Å². The molecule has 0 saturated carbocycles. The van der Waals surface area contributed by atoms with Crippen LogP contribution < -0.4 is 5.32 Å². The number of nitrogens with one attached hydrogen (secondary N) is 1. The van der Waals surface area contributed by atoms with Crippen molar-refractivity contribution in [3.8, 4) is 0 Å². The maximum Gasteiger partial charge on any atom is 0.339 e. The molecule has 5 heteroatoms. The van der Waals surface area contributed by atoms with Crippen LogP contribution in [0.25, 0.3) is 0 Å². The van der Waals surface area contributed by atoms with Crippen molar-refractivity contribution in [1.29, 1.82) is 0 Å². The number of Topliss-reactive ketones (excluding diaryl/α,β-unsaturated/α-hetero) is 1. The molecule has 30 heavy (non-hydrogen) atoms. The molecule has 0 fully saturated rings. The summed E-state index contributed by atoms with van der Waals surface area (Å²) in [5.74, 6) is -0.892. The van der Waals surface area contributed by atoms with E-state index in [1.807, 2.05) is 55.4 Å². The molecule has 0 aromatic heterocycles. The molecular weight excluding hydrogens is 378 g/mol. The smallest absolute Gasteiger partial charge is 0.339 e. The van der Waals surface area contributed by atoms with E-state index in [1.54, 1.807) is 24.3 Å². The highest BCUT2D eigenvalue weighted by atomic mass is 16.5. The summed E-state index contributed by atoms with van der Waals surface area (Å²) in [4.78, 5) is 37.2. The van der Waals surface area contributed by atoms with Gasteiger partial charge in [0.1, 0.15) is 0 Å². The highest BCUT2D eigenvalue weighted by molar-refractivity contribution is 6.01. The van der Waals surface area contributed by atoms with Gasteiger partial charge in [0, 0.05) is 16.7 Å². The number of hydrogen-bond donors (Lipinski definition) is 1. The van der Waals surface area contributed by atoms with Gasteiger partial charge in [-0.2, -0.15) is 0 Å². The van der Waals surface area contributed by atoms with Crippen LogP contribution in [0.15, 0.2) is 24.3 Å². The van der Waals surface area contributed by atoms with E-state index in [0.29, 0.717) is 16.8 Å². The number of carbonyl (C=O) groups excluding carboxylic acids is 3. The molecule has 0 aliphatic carbocycles. The van der Waals surface area contributed by atoms with Gasteiger partial charge in [0.15, 0.2) is 12.4 Å². The quantitative estimate of drug-likeness (QED) is 0.540. The van der Waals surface area contributed by atoms with Crippen molar-refractivity contribution in [3.05, 3.63) is 63.2 Å². The molecule has 1 N–H and O–H groups in total. The van der Waals surface area contributed by atoms with Gasteiger partial charge in [-0.1, -0.05) is 20.8 Å². The molecule has 2 aromatic rings. The minimum atomic E-state index is -0.508. The van der Waals surface area contributed by atoms with Crippen LogP contribution in [0.3, 0.4) is 0 Å². The third-order valence-electron chi connectivity index (χ3n) is 5.68. The first-order valence-electron chi connectivity index (χ1n) is 10.0. The van der Waals surface area contributed by atoms with Gasteiger partial charge in [-0.3, -0.25) is 9.59 Å². The van der Waals surface area contributed by atoms with Crippen LogP contribution in [0, 0.1) is 40.0 Å². The predicted octanol–water partition coefficient (Wildman–Crippen LogP) is 5.25. The highest BCUT2D eigenvalue weighted by Crippen LogP contribution is 2.26. The molecule has 0 spiro atoms. The summed E-state index contributed by atoms with van der Waals surface area (Å²) in [5, 5.41) is 2.81. The first-order valence-corrected chi connectivity index (χ1v) is 10.0. The molecule has 0 bridgehead atoms. The Morgan fingerprint density at radius 1 is 0.800 bits per heavy atom. The molecular formula is C25H31NO4. The van der Waals surface area contributed by atoms with E-state index >= 15 is 0 Å². The SMILES string of the molecule is Cc1c(C)c(C)c(C(=O)OCC(=O)c2ccc(NC(=O)C(C)(C)C)cc2)c(C)c1C.